The van der Waals surface area contributed by atoms with E-state index in [4.69, 9.17) is 33.7 Å². The summed E-state index contributed by atoms with van der Waals surface area (Å²) in [6, 6.07) is 7.39. The second-order valence-corrected chi connectivity index (χ2v) is 10.7. The van der Waals surface area contributed by atoms with E-state index in [9.17, 15) is 24.0 Å². The number of anilines is 2. The first-order valence-corrected chi connectivity index (χ1v) is 14.0. The molecule has 2 heterocycles. The van der Waals surface area contributed by atoms with Crippen LogP contribution in [0.3, 0.4) is 0 Å². The maximum Gasteiger partial charge on any atom is 0.382 e. The molecule has 3 rings (SSSR count). The van der Waals surface area contributed by atoms with Gasteiger partial charge in [-0.1, -0.05) is 30.3 Å². The Hall–Kier alpha value is -5.32. The molecular weight excluding hydrogens is 656 g/mol. The molecule has 0 aliphatic carbocycles. The monoisotopic (exact) mass is 686 g/mol. The molecule has 0 atom stereocenters. The van der Waals surface area contributed by atoms with Gasteiger partial charge in [0.1, 0.15) is 0 Å². The molecule has 0 unspecified atom stereocenters. The number of carboxylic acid groups (broad SMARTS) is 1. The van der Waals surface area contributed by atoms with Crippen LogP contribution in [-0.2, 0) is 16.0 Å². The van der Waals surface area contributed by atoms with Crippen molar-refractivity contribution in [2.45, 2.75) is 25.7 Å². The van der Waals surface area contributed by atoms with Crippen LogP contribution in [0, 0.1) is 22.7 Å². The Kier molecular flexibility index (Phi) is 11.3. The number of rotatable bonds is 8. The van der Waals surface area contributed by atoms with Crippen LogP contribution in [0.15, 0.2) is 34.9 Å². The second-order valence-electron chi connectivity index (χ2n) is 9.94. The fourth-order valence-corrected chi connectivity index (χ4v) is 4.97. The zero-order chi connectivity index (χ0) is 33.3. The number of halogens is 1. The fraction of sp³-hybridized carbons (Fsp3) is 0.308. The molecule has 19 heteroatoms. The van der Waals surface area contributed by atoms with Gasteiger partial charge >= 0.3 is 18.0 Å². The summed E-state index contributed by atoms with van der Waals surface area (Å²) in [5.41, 5.74) is 10.5. The number of hydrogen-bond acceptors (Lipinski definition) is 10. The first-order chi connectivity index (χ1) is 21.2. The number of aliphatic carboxylic acids is 1. The molecule has 0 radical (unpaired) electrons. The Labute approximate surface area is 265 Å². The van der Waals surface area contributed by atoms with Crippen molar-refractivity contribution in [3.8, 4) is 11.8 Å². The molecule has 2 aromatic rings. The first kappa shape index (κ1) is 34.2. The molecule has 45 heavy (non-hydrogen) atoms. The minimum absolute atomic E-state index is 0.204. The number of likely N-dealkylation sites (tertiary alicyclic amines) is 1. The maximum absolute atomic E-state index is 13.2. The summed E-state index contributed by atoms with van der Waals surface area (Å²) in [5, 5.41) is 23.1. The number of amides is 6. The SMILES string of the molecule is N=C(NCC1(CCc2ccccc2)CCN(C(=O)C#CC(=O)O)CC1)NC(=O)c1nc(Br)c(N(N)C(N)=O)nc1N(N)C(N)=O. The van der Waals surface area contributed by atoms with E-state index < -0.39 is 52.7 Å². The number of nitrogens with zero attached hydrogens (tertiary/aromatic N) is 5. The average Bonchev–Trinajstić information content (AvgIpc) is 3.01. The summed E-state index contributed by atoms with van der Waals surface area (Å²) in [4.78, 5) is 68.9. The summed E-state index contributed by atoms with van der Waals surface area (Å²) in [6.07, 6.45) is 2.40. The minimum atomic E-state index is -1.40. The summed E-state index contributed by atoms with van der Waals surface area (Å²) in [7, 11) is 0. The van der Waals surface area contributed by atoms with Crippen molar-refractivity contribution < 1.29 is 29.1 Å². The number of benzene rings is 1. The molecular formula is C26H31BrN12O6. The third kappa shape index (κ3) is 9.09. The van der Waals surface area contributed by atoms with E-state index in [0.29, 0.717) is 48.8 Å². The number of primary amides is 2. The highest BCUT2D eigenvalue weighted by Crippen LogP contribution is 2.36. The lowest BCUT2D eigenvalue weighted by molar-refractivity contribution is -0.131. The van der Waals surface area contributed by atoms with Crippen LogP contribution in [0.4, 0.5) is 21.2 Å². The van der Waals surface area contributed by atoms with Crippen molar-refractivity contribution in [2.24, 2.45) is 28.6 Å². The molecule has 238 valence electrons. The summed E-state index contributed by atoms with van der Waals surface area (Å²) >= 11 is 3.04. The van der Waals surface area contributed by atoms with Gasteiger partial charge in [0.05, 0.1) is 0 Å². The zero-order valence-electron chi connectivity index (χ0n) is 23.7. The van der Waals surface area contributed by atoms with Crippen LogP contribution in [0.5, 0.6) is 0 Å². The maximum atomic E-state index is 13.2. The van der Waals surface area contributed by atoms with E-state index >= 15 is 0 Å². The first-order valence-electron chi connectivity index (χ1n) is 13.2. The summed E-state index contributed by atoms with van der Waals surface area (Å²) in [5.74, 6) is 10.8. The number of nitrogens with two attached hydrogens (primary N) is 4. The van der Waals surface area contributed by atoms with Crippen molar-refractivity contribution >= 4 is 63.4 Å². The lowest BCUT2D eigenvalue weighted by atomic mass is 9.74. The number of aryl methyl sites for hydroxylation is 1. The number of nitrogens with one attached hydrogen (secondary N) is 3. The van der Waals surface area contributed by atoms with Crippen LogP contribution in [0.2, 0.25) is 0 Å². The Morgan fingerprint density at radius 3 is 2.18 bits per heavy atom. The average molecular weight is 688 g/mol. The lowest BCUT2D eigenvalue weighted by Gasteiger charge is -2.42. The highest BCUT2D eigenvalue weighted by Gasteiger charge is 2.36. The van der Waals surface area contributed by atoms with E-state index in [0.717, 1.165) is 5.56 Å². The standard InChI is InChI=1S/C26H31BrN12O6/c27-19-21(39(32)25(30)45)35-20(38(31)24(29)44)18(34-19)22(43)36-23(28)33-14-26(9-8-15-4-2-1-3-5-15)10-12-37(13-11-26)16(40)6-7-17(41)42/h1-5H,8-14,31-32H2,(H2,29,44)(H2,30,45)(H,41,42)(H3,28,33,36,43). The molecule has 6 amide bonds. The largest absolute Gasteiger partial charge is 0.472 e. The zero-order valence-corrected chi connectivity index (χ0v) is 25.3. The number of guanidine groups is 1. The molecule has 1 fully saturated rings. The second kappa shape index (κ2) is 14.9. The topological polar surface area (TPSA) is 293 Å². The van der Waals surface area contributed by atoms with Crippen molar-refractivity contribution in [1.82, 2.24) is 25.5 Å². The number of hydrogen-bond donors (Lipinski definition) is 8. The van der Waals surface area contributed by atoms with Gasteiger partial charge in [0.2, 0.25) is 0 Å². The third-order valence-corrected chi connectivity index (χ3v) is 7.55. The van der Waals surface area contributed by atoms with E-state index in [1.807, 2.05) is 36.3 Å². The molecule has 1 aromatic heterocycles. The summed E-state index contributed by atoms with van der Waals surface area (Å²) < 4.78 is -0.204. The quantitative estimate of drug-likeness (QED) is 0.0430. The Morgan fingerprint density at radius 2 is 1.60 bits per heavy atom. The lowest BCUT2D eigenvalue weighted by Crippen LogP contribution is -2.51. The summed E-state index contributed by atoms with van der Waals surface area (Å²) in [6.45, 7) is 0.852. The molecule has 1 aromatic carbocycles. The fourth-order valence-electron chi connectivity index (χ4n) is 4.51. The van der Waals surface area contributed by atoms with Gasteiger partial charge in [0.15, 0.2) is 27.9 Å². The van der Waals surface area contributed by atoms with Crippen molar-refractivity contribution in [1.29, 1.82) is 5.41 Å². The Balaban J connectivity index is 1.77. The Bertz CT molecular complexity index is 1550. The molecule has 18 nitrogen and oxygen atoms in total. The van der Waals surface area contributed by atoms with Gasteiger partial charge in [-0.15, -0.1) is 0 Å². The molecule has 0 saturated carbocycles. The molecule has 12 N–H and O–H groups in total. The van der Waals surface area contributed by atoms with Gasteiger partial charge in [-0.25, -0.2) is 46.1 Å². The van der Waals surface area contributed by atoms with Crippen molar-refractivity contribution in [2.75, 3.05) is 29.7 Å². The van der Waals surface area contributed by atoms with E-state index in [1.54, 1.807) is 0 Å². The van der Waals surface area contributed by atoms with Crippen LogP contribution in [0.25, 0.3) is 0 Å². The van der Waals surface area contributed by atoms with E-state index in [2.05, 4.69) is 42.5 Å². The smallest absolute Gasteiger partial charge is 0.382 e. The highest BCUT2D eigenvalue weighted by atomic mass is 79.9. The number of hydrazine groups is 2. The highest BCUT2D eigenvalue weighted by molar-refractivity contribution is 9.10. The van der Waals surface area contributed by atoms with Gasteiger partial charge in [-0.05, 0) is 52.6 Å². The minimum Gasteiger partial charge on any atom is -0.472 e. The van der Waals surface area contributed by atoms with Crippen LogP contribution >= 0.6 is 15.9 Å². The molecule has 0 bridgehead atoms. The normalized spacial score (nSPS) is 13.4. The van der Waals surface area contributed by atoms with Crippen LogP contribution in [0.1, 0.15) is 35.3 Å². The number of aromatic nitrogens is 2. The van der Waals surface area contributed by atoms with Gasteiger partial charge in [0, 0.05) is 31.5 Å². The Morgan fingerprint density at radius 1 is 1.00 bits per heavy atom. The molecule has 1 aliphatic heterocycles. The predicted octanol–water partition coefficient (Wildman–Crippen LogP) is -0.660. The van der Waals surface area contributed by atoms with Crippen molar-refractivity contribution in [3.05, 3.63) is 46.2 Å². The van der Waals surface area contributed by atoms with Crippen LogP contribution < -0.4 is 43.8 Å². The number of carbonyl (C=O) groups excluding carboxylic acids is 4. The molecule has 1 aliphatic rings. The van der Waals surface area contributed by atoms with Gasteiger partial charge in [-0.3, -0.25) is 20.3 Å². The molecule has 1 saturated heterocycles. The number of piperidine rings is 1. The predicted molar refractivity (Wildman–Crippen MR) is 164 cm³/mol. The van der Waals surface area contributed by atoms with E-state index in [1.165, 1.54) is 4.90 Å². The number of carbonyl (C=O) groups is 5. The number of carboxylic acids is 1. The van der Waals surface area contributed by atoms with Gasteiger partial charge in [-0.2, -0.15) is 0 Å². The van der Waals surface area contributed by atoms with Crippen LogP contribution in [-0.4, -0.2) is 75.4 Å². The molecule has 0 spiro atoms. The number of urea groups is 2. The van der Waals surface area contributed by atoms with Crippen molar-refractivity contribution in [3.63, 3.8) is 0 Å². The third-order valence-electron chi connectivity index (χ3n) is 7.02. The van der Waals surface area contributed by atoms with Gasteiger partial charge in [0.25, 0.3) is 11.8 Å². The van der Waals surface area contributed by atoms with E-state index in [-0.39, 0.29) is 17.0 Å². The van der Waals surface area contributed by atoms with Gasteiger partial charge < -0.3 is 26.8 Å².